The molecule has 1 aliphatic rings. The number of ether oxygens (including phenoxy) is 2. The monoisotopic (exact) mass is 466 g/mol. The van der Waals surface area contributed by atoms with Gasteiger partial charge >= 0.3 is 0 Å². The molecule has 1 heterocycles. The van der Waals surface area contributed by atoms with Crippen LogP contribution in [0.25, 0.3) is 0 Å². The number of rotatable bonds is 15. The van der Waals surface area contributed by atoms with Crippen LogP contribution in [0.15, 0.2) is 35.2 Å². The van der Waals surface area contributed by atoms with Crippen LogP contribution in [0.2, 0.25) is 0 Å². The van der Waals surface area contributed by atoms with E-state index in [0.717, 1.165) is 38.2 Å². The van der Waals surface area contributed by atoms with Crippen LogP contribution in [0.3, 0.4) is 0 Å². The Morgan fingerprint density at radius 1 is 0.969 bits per heavy atom. The van der Waals surface area contributed by atoms with Gasteiger partial charge in [-0.25, -0.2) is 8.42 Å². The maximum Gasteiger partial charge on any atom is 0.181 e. The molecule has 5 heteroatoms. The lowest BCUT2D eigenvalue weighted by Crippen LogP contribution is -2.34. The molecule has 1 saturated heterocycles. The van der Waals surface area contributed by atoms with Crippen LogP contribution in [0, 0.1) is 17.8 Å². The van der Waals surface area contributed by atoms with E-state index in [0.29, 0.717) is 23.8 Å². The molecule has 32 heavy (non-hydrogen) atoms. The normalized spacial score (nSPS) is 21.1. The maximum absolute atomic E-state index is 13.5. The van der Waals surface area contributed by atoms with E-state index in [9.17, 15) is 8.42 Å². The molecular weight excluding hydrogens is 420 g/mol. The molecule has 0 spiro atoms. The third-order valence-corrected chi connectivity index (χ3v) is 9.33. The second-order valence-electron chi connectivity index (χ2n) is 10.0. The van der Waals surface area contributed by atoms with Crippen molar-refractivity contribution < 1.29 is 17.9 Å². The minimum Gasteiger partial charge on any atom is -0.353 e. The highest BCUT2D eigenvalue weighted by Gasteiger charge is 2.33. The highest BCUT2D eigenvalue weighted by molar-refractivity contribution is 7.92. The van der Waals surface area contributed by atoms with Gasteiger partial charge in [-0.2, -0.15) is 0 Å². The first kappa shape index (κ1) is 27.3. The van der Waals surface area contributed by atoms with Crippen molar-refractivity contribution >= 4 is 9.84 Å². The van der Waals surface area contributed by atoms with Crippen LogP contribution < -0.4 is 0 Å². The van der Waals surface area contributed by atoms with E-state index in [1.165, 1.54) is 32.1 Å². The second kappa shape index (κ2) is 14.4. The summed E-state index contributed by atoms with van der Waals surface area (Å²) >= 11 is 0. The van der Waals surface area contributed by atoms with Gasteiger partial charge in [-0.05, 0) is 62.0 Å². The molecule has 0 bridgehead atoms. The van der Waals surface area contributed by atoms with Gasteiger partial charge in [0.1, 0.15) is 0 Å². The van der Waals surface area contributed by atoms with Gasteiger partial charge in [-0.3, -0.25) is 0 Å². The first-order valence-electron chi connectivity index (χ1n) is 12.9. The van der Waals surface area contributed by atoms with Crippen LogP contribution in [0.4, 0.5) is 0 Å². The smallest absolute Gasteiger partial charge is 0.181 e. The molecule has 4 nitrogen and oxygen atoms in total. The van der Waals surface area contributed by atoms with Crippen molar-refractivity contribution in [3.8, 4) is 0 Å². The highest BCUT2D eigenvalue weighted by Crippen LogP contribution is 2.29. The van der Waals surface area contributed by atoms with Crippen molar-refractivity contribution in [2.24, 2.45) is 17.8 Å². The summed E-state index contributed by atoms with van der Waals surface area (Å²) in [5, 5.41) is -0.435. The SMILES string of the molecule is CCC[C@@H](C)CCC[C@@H](C)CCC([C@@H](C)COC1CCCCO1)S(=O)(=O)c1ccccc1. The molecule has 2 unspecified atom stereocenters. The quantitative estimate of drug-likeness (QED) is 0.278. The van der Waals surface area contributed by atoms with Crippen molar-refractivity contribution in [1.82, 2.24) is 0 Å². The number of benzene rings is 1. The molecule has 2 rings (SSSR count). The lowest BCUT2D eigenvalue weighted by molar-refractivity contribution is -0.168. The van der Waals surface area contributed by atoms with E-state index in [1.807, 2.05) is 13.0 Å². The first-order valence-corrected chi connectivity index (χ1v) is 14.4. The summed E-state index contributed by atoms with van der Waals surface area (Å²) in [5.74, 6) is 1.24. The van der Waals surface area contributed by atoms with Gasteiger partial charge in [0.05, 0.1) is 16.8 Å². The molecular formula is C27H46O4S. The van der Waals surface area contributed by atoms with Gasteiger partial charge in [-0.15, -0.1) is 0 Å². The average molecular weight is 467 g/mol. The van der Waals surface area contributed by atoms with E-state index >= 15 is 0 Å². The molecule has 1 aromatic rings. The van der Waals surface area contributed by atoms with Crippen molar-refractivity contribution in [2.45, 2.75) is 108 Å². The average Bonchev–Trinajstić information content (AvgIpc) is 2.79. The van der Waals surface area contributed by atoms with Gasteiger partial charge in [-0.1, -0.05) is 78.0 Å². The Labute approximate surface area is 197 Å². The molecule has 184 valence electrons. The van der Waals surface area contributed by atoms with Gasteiger partial charge in [0.25, 0.3) is 0 Å². The van der Waals surface area contributed by atoms with Crippen molar-refractivity contribution in [2.75, 3.05) is 13.2 Å². The van der Waals surface area contributed by atoms with Gasteiger partial charge in [0, 0.05) is 6.61 Å². The standard InChI is InChI=1S/C27H46O4S/c1-5-12-22(2)13-11-14-23(3)18-19-26(32(28,29)25-15-7-6-8-16-25)24(4)21-31-27-17-9-10-20-30-27/h6-8,15-16,22-24,26-27H,5,9-14,17-21H2,1-4H3/t22-,23-,24+,26?,27?/m1/s1. The summed E-state index contributed by atoms with van der Waals surface area (Å²) in [7, 11) is -3.41. The van der Waals surface area contributed by atoms with E-state index in [4.69, 9.17) is 9.47 Å². The Hall–Kier alpha value is -0.910. The summed E-state index contributed by atoms with van der Waals surface area (Å²) in [6, 6.07) is 8.92. The molecule has 0 saturated carbocycles. The molecule has 0 radical (unpaired) electrons. The Bertz CT molecular complexity index is 712. The zero-order valence-corrected chi connectivity index (χ0v) is 21.6. The number of hydrogen-bond donors (Lipinski definition) is 0. The molecule has 1 aromatic carbocycles. The molecule has 0 aliphatic carbocycles. The fourth-order valence-electron chi connectivity index (χ4n) is 4.78. The minimum absolute atomic E-state index is 0.0810. The first-order chi connectivity index (χ1) is 15.3. The Balaban J connectivity index is 1.97. The van der Waals surface area contributed by atoms with Crippen molar-refractivity contribution in [3.05, 3.63) is 30.3 Å². The third-order valence-electron chi connectivity index (χ3n) is 6.91. The topological polar surface area (TPSA) is 52.6 Å². The Morgan fingerprint density at radius 2 is 1.66 bits per heavy atom. The predicted molar refractivity (Wildman–Crippen MR) is 132 cm³/mol. The van der Waals surface area contributed by atoms with Crippen LogP contribution in [0.5, 0.6) is 0 Å². The summed E-state index contributed by atoms with van der Waals surface area (Å²) in [5.41, 5.74) is 0. The zero-order chi connectivity index (χ0) is 23.4. The number of sulfone groups is 1. The highest BCUT2D eigenvalue weighted by atomic mass is 32.2. The van der Waals surface area contributed by atoms with E-state index in [-0.39, 0.29) is 12.2 Å². The fourth-order valence-corrected chi connectivity index (χ4v) is 6.81. The fraction of sp³-hybridized carbons (Fsp3) is 0.778. The van der Waals surface area contributed by atoms with Crippen LogP contribution in [-0.4, -0.2) is 33.2 Å². The summed E-state index contributed by atoms with van der Waals surface area (Å²) in [6.45, 7) is 10.0. The van der Waals surface area contributed by atoms with E-state index in [2.05, 4.69) is 20.8 Å². The zero-order valence-electron chi connectivity index (χ0n) is 20.8. The maximum atomic E-state index is 13.5. The lowest BCUT2D eigenvalue weighted by atomic mass is 9.92. The largest absolute Gasteiger partial charge is 0.353 e. The summed E-state index contributed by atoms with van der Waals surface area (Å²) in [4.78, 5) is 0.423. The van der Waals surface area contributed by atoms with Crippen LogP contribution in [-0.2, 0) is 19.3 Å². The molecule has 0 amide bonds. The molecule has 1 fully saturated rings. The number of hydrogen-bond acceptors (Lipinski definition) is 4. The van der Waals surface area contributed by atoms with Crippen molar-refractivity contribution in [1.29, 1.82) is 0 Å². The van der Waals surface area contributed by atoms with E-state index in [1.54, 1.807) is 24.3 Å². The van der Waals surface area contributed by atoms with Gasteiger partial charge in [0.2, 0.25) is 0 Å². The van der Waals surface area contributed by atoms with E-state index < -0.39 is 15.1 Å². The third kappa shape index (κ3) is 9.15. The predicted octanol–water partition coefficient (Wildman–Crippen LogP) is 7.03. The Kier molecular flexibility index (Phi) is 12.3. The second-order valence-corrected chi connectivity index (χ2v) is 12.2. The van der Waals surface area contributed by atoms with Crippen molar-refractivity contribution in [3.63, 3.8) is 0 Å². The van der Waals surface area contributed by atoms with Gasteiger partial charge in [0.15, 0.2) is 16.1 Å². The summed E-state index contributed by atoms with van der Waals surface area (Å²) < 4.78 is 38.7. The lowest BCUT2D eigenvalue weighted by Gasteiger charge is -2.28. The molecule has 0 N–H and O–H groups in total. The Morgan fingerprint density at radius 3 is 2.28 bits per heavy atom. The molecule has 1 aliphatic heterocycles. The van der Waals surface area contributed by atoms with Gasteiger partial charge < -0.3 is 9.47 Å². The minimum atomic E-state index is -3.41. The molecule has 0 aromatic heterocycles. The summed E-state index contributed by atoms with van der Waals surface area (Å²) in [6.07, 6.45) is 10.7. The van der Waals surface area contributed by atoms with Crippen LogP contribution in [0.1, 0.15) is 91.9 Å². The van der Waals surface area contributed by atoms with Crippen LogP contribution >= 0.6 is 0 Å². The molecule has 5 atom stereocenters.